The van der Waals surface area contributed by atoms with E-state index in [0.717, 1.165) is 0 Å². The number of nitrogens with one attached hydrogen (secondary N) is 1. The van der Waals surface area contributed by atoms with Crippen molar-refractivity contribution in [3.63, 3.8) is 0 Å². The molecule has 0 radical (unpaired) electrons. The van der Waals surface area contributed by atoms with Gasteiger partial charge in [-0.25, -0.2) is 4.39 Å². The van der Waals surface area contributed by atoms with Crippen molar-refractivity contribution in [2.75, 3.05) is 13.2 Å². The van der Waals surface area contributed by atoms with Crippen molar-refractivity contribution >= 4 is 5.97 Å². The minimum Gasteiger partial charge on any atom is -0.493 e. The number of aliphatic carboxylic acids is 1. The summed E-state index contributed by atoms with van der Waals surface area (Å²) in [5.41, 5.74) is -0.316. The van der Waals surface area contributed by atoms with E-state index >= 15 is 0 Å². The molecule has 2 N–H and O–H groups in total. The molecule has 19 heavy (non-hydrogen) atoms. The molecule has 0 spiro atoms. The first-order valence-electron chi connectivity index (χ1n) is 6.26. The number of aryl methyl sites for hydroxylation is 1. The van der Waals surface area contributed by atoms with Crippen LogP contribution in [0.25, 0.3) is 0 Å². The van der Waals surface area contributed by atoms with Crippen LogP contribution in [0.4, 0.5) is 4.39 Å². The Morgan fingerprint density at radius 2 is 2.21 bits per heavy atom. The number of halogens is 1. The number of carboxylic acid groups (broad SMARTS) is 1. The minimum absolute atomic E-state index is 0.252. The highest BCUT2D eigenvalue weighted by Gasteiger charge is 2.31. The van der Waals surface area contributed by atoms with E-state index in [2.05, 4.69) is 5.32 Å². The Balaban J connectivity index is 2.59. The van der Waals surface area contributed by atoms with Gasteiger partial charge in [0, 0.05) is 6.42 Å². The first kappa shape index (κ1) is 15.4. The highest BCUT2D eigenvalue weighted by Crippen LogP contribution is 2.19. The van der Waals surface area contributed by atoms with Gasteiger partial charge in [0.2, 0.25) is 0 Å². The van der Waals surface area contributed by atoms with Crippen LogP contribution in [0, 0.1) is 12.7 Å². The Morgan fingerprint density at radius 1 is 1.53 bits per heavy atom. The molecule has 1 aromatic carbocycles. The number of hydrogen-bond donors (Lipinski definition) is 2. The number of rotatable bonds is 7. The van der Waals surface area contributed by atoms with Gasteiger partial charge in [0.15, 0.2) is 0 Å². The maximum absolute atomic E-state index is 12.9. The molecule has 0 aliphatic carbocycles. The standard InChI is InChI=1S/C14H20FNO3/c1-4-16-14(3,13(17)18)7-8-19-12-6-5-11(15)9-10(12)2/h5-6,9,16H,4,7-8H2,1-3H3,(H,17,18). The van der Waals surface area contributed by atoms with E-state index in [-0.39, 0.29) is 12.4 Å². The van der Waals surface area contributed by atoms with E-state index in [1.165, 1.54) is 12.1 Å². The van der Waals surface area contributed by atoms with Crippen molar-refractivity contribution in [1.82, 2.24) is 5.32 Å². The Labute approximate surface area is 112 Å². The lowest BCUT2D eigenvalue weighted by Crippen LogP contribution is -2.50. The van der Waals surface area contributed by atoms with Gasteiger partial charge in [-0.1, -0.05) is 6.92 Å². The summed E-state index contributed by atoms with van der Waals surface area (Å²) in [4.78, 5) is 11.2. The first-order valence-corrected chi connectivity index (χ1v) is 6.26. The van der Waals surface area contributed by atoms with Crippen LogP contribution >= 0.6 is 0 Å². The molecule has 1 rings (SSSR count). The van der Waals surface area contributed by atoms with Crippen molar-refractivity contribution in [3.8, 4) is 5.75 Å². The van der Waals surface area contributed by atoms with Gasteiger partial charge in [0.05, 0.1) is 6.61 Å². The quantitative estimate of drug-likeness (QED) is 0.797. The molecule has 0 aliphatic heterocycles. The fourth-order valence-corrected chi connectivity index (χ4v) is 1.80. The highest BCUT2D eigenvalue weighted by atomic mass is 19.1. The van der Waals surface area contributed by atoms with Gasteiger partial charge in [-0.15, -0.1) is 0 Å². The van der Waals surface area contributed by atoms with Crippen molar-refractivity contribution in [2.45, 2.75) is 32.7 Å². The Kier molecular flexibility index (Phi) is 5.30. The number of hydrogen-bond acceptors (Lipinski definition) is 3. The zero-order valence-corrected chi connectivity index (χ0v) is 11.5. The lowest BCUT2D eigenvalue weighted by molar-refractivity contribution is -0.144. The molecule has 0 saturated heterocycles. The van der Waals surface area contributed by atoms with Crippen molar-refractivity contribution in [1.29, 1.82) is 0 Å². The van der Waals surface area contributed by atoms with Crippen LogP contribution in [0.3, 0.4) is 0 Å². The summed E-state index contributed by atoms with van der Waals surface area (Å²) < 4.78 is 18.4. The van der Waals surface area contributed by atoms with E-state index in [1.54, 1.807) is 19.9 Å². The number of carboxylic acids is 1. The summed E-state index contributed by atoms with van der Waals surface area (Å²) in [6, 6.07) is 4.26. The number of carbonyl (C=O) groups is 1. The van der Waals surface area contributed by atoms with Crippen molar-refractivity contribution < 1.29 is 19.0 Å². The third kappa shape index (κ3) is 4.21. The molecule has 0 saturated carbocycles. The van der Waals surface area contributed by atoms with Gasteiger partial charge >= 0.3 is 5.97 Å². The molecule has 0 bridgehead atoms. The second kappa shape index (κ2) is 6.52. The van der Waals surface area contributed by atoms with E-state index in [4.69, 9.17) is 4.74 Å². The van der Waals surface area contributed by atoms with Crippen LogP contribution in [0.1, 0.15) is 25.8 Å². The molecule has 1 atom stereocenters. The van der Waals surface area contributed by atoms with Gasteiger partial charge in [0.25, 0.3) is 0 Å². The summed E-state index contributed by atoms with van der Waals surface area (Å²) in [6.45, 7) is 6.05. The van der Waals surface area contributed by atoms with Crippen LogP contribution in [0.5, 0.6) is 5.75 Å². The second-order valence-corrected chi connectivity index (χ2v) is 4.68. The summed E-state index contributed by atoms with van der Waals surface area (Å²) in [6.07, 6.45) is 0.326. The molecule has 0 aliphatic rings. The predicted octanol–water partition coefficient (Wildman–Crippen LogP) is 2.36. The van der Waals surface area contributed by atoms with Gasteiger partial charge in [-0.3, -0.25) is 4.79 Å². The molecule has 5 heteroatoms. The smallest absolute Gasteiger partial charge is 0.323 e. The minimum atomic E-state index is -1.01. The molecule has 4 nitrogen and oxygen atoms in total. The lowest BCUT2D eigenvalue weighted by Gasteiger charge is -2.25. The van der Waals surface area contributed by atoms with E-state index in [1.807, 2.05) is 6.92 Å². The average Bonchev–Trinajstić information content (AvgIpc) is 2.32. The predicted molar refractivity (Wildman–Crippen MR) is 71.0 cm³/mol. The highest BCUT2D eigenvalue weighted by molar-refractivity contribution is 5.78. The van der Waals surface area contributed by atoms with Crippen molar-refractivity contribution in [3.05, 3.63) is 29.6 Å². The molecule has 0 heterocycles. The fraction of sp³-hybridized carbons (Fsp3) is 0.500. The third-order valence-electron chi connectivity index (χ3n) is 3.04. The summed E-state index contributed by atoms with van der Waals surface area (Å²) in [5.74, 6) is -0.646. The van der Waals surface area contributed by atoms with E-state index in [9.17, 15) is 14.3 Å². The fourth-order valence-electron chi connectivity index (χ4n) is 1.80. The van der Waals surface area contributed by atoms with Gasteiger partial charge in [-0.05, 0) is 44.2 Å². The monoisotopic (exact) mass is 269 g/mol. The Bertz CT molecular complexity index is 450. The van der Waals surface area contributed by atoms with Crippen LogP contribution < -0.4 is 10.1 Å². The summed E-state index contributed by atoms with van der Waals surface area (Å²) in [5, 5.41) is 12.1. The number of likely N-dealkylation sites (N-methyl/N-ethyl adjacent to an activating group) is 1. The van der Waals surface area contributed by atoms with Crippen LogP contribution in [-0.2, 0) is 4.79 Å². The first-order chi connectivity index (χ1) is 8.89. The largest absolute Gasteiger partial charge is 0.493 e. The van der Waals surface area contributed by atoms with Gasteiger partial charge in [0.1, 0.15) is 17.1 Å². The molecular formula is C14H20FNO3. The molecule has 106 valence electrons. The van der Waals surface area contributed by atoms with E-state index in [0.29, 0.717) is 24.3 Å². The zero-order chi connectivity index (χ0) is 14.5. The molecule has 1 unspecified atom stereocenters. The summed E-state index contributed by atoms with van der Waals surface area (Å²) in [7, 11) is 0. The molecule has 1 aromatic rings. The maximum Gasteiger partial charge on any atom is 0.323 e. The van der Waals surface area contributed by atoms with Crippen LogP contribution in [-0.4, -0.2) is 29.8 Å². The molecule has 0 aromatic heterocycles. The Morgan fingerprint density at radius 3 is 2.74 bits per heavy atom. The number of ether oxygens (including phenoxy) is 1. The Hall–Kier alpha value is -1.62. The third-order valence-corrected chi connectivity index (χ3v) is 3.04. The van der Waals surface area contributed by atoms with Gasteiger partial charge < -0.3 is 15.2 Å². The SMILES string of the molecule is CCNC(C)(CCOc1ccc(F)cc1C)C(=O)O. The van der Waals surface area contributed by atoms with Crippen molar-refractivity contribution in [2.24, 2.45) is 0 Å². The van der Waals surface area contributed by atoms with Crippen LogP contribution in [0.2, 0.25) is 0 Å². The topological polar surface area (TPSA) is 58.6 Å². The number of benzene rings is 1. The van der Waals surface area contributed by atoms with E-state index < -0.39 is 11.5 Å². The zero-order valence-electron chi connectivity index (χ0n) is 11.5. The summed E-state index contributed by atoms with van der Waals surface area (Å²) >= 11 is 0. The molecular weight excluding hydrogens is 249 g/mol. The van der Waals surface area contributed by atoms with Crippen LogP contribution in [0.15, 0.2) is 18.2 Å². The molecule has 0 fully saturated rings. The lowest BCUT2D eigenvalue weighted by atomic mass is 9.98. The molecule has 0 amide bonds. The maximum atomic E-state index is 12.9. The normalized spacial score (nSPS) is 13.9. The average molecular weight is 269 g/mol. The second-order valence-electron chi connectivity index (χ2n) is 4.68. The van der Waals surface area contributed by atoms with Gasteiger partial charge in [-0.2, -0.15) is 0 Å².